The number of thiol groups is 2. The van der Waals surface area contributed by atoms with Crippen LogP contribution in [0, 0.1) is 0 Å². The monoisotopic (exact) mass is 545 g/mol. The fourth-order valence-corrected chi connectivity index (χ4v) is 5.47. The third-order valence-corrected chi connectivity index (χ3v) is 7.98. The molecule has 0 radical (unpaired) electrons. The maximum Gasteiger partial charge on any atom is 0.130 e. The predicted octanol–water partition coefficient (Wildman–Crippen LogP) is 11.6. The molecule has 0 aliphatic carbocycles. The Morgan fingerprint density at radius 2 is 0.571 bits per heavy atom. The van der Waals surface area contributed by atoms with E-state index < -0.39 is 0 Å². The molecule has 0 saturated carbocycles. The van der Waals surface area contributed by atoms with Gasteiger partial charge < -0.3 is 5.32 Å². The fraction of sp³-hybridized carbons (Fsp3) is 0.968. The second-order valence-corrected chi connectivity index (χ2v) is 12.5. The molecule has 0 atom stereocenters. The molecule has 0 fully saturated rings. The summed E-state index contributed by atoms with van der Waals surface area (Å²) < 4.78 is 0.629. The molecule has 0 spiro atoms. The van der Waals surface area contributed by atoms with Crippen LogP contribution in [-0.4, -0.2) is 16.6 Å². The molecule has 0 aliphatic heterocycles. The van der Waals surface area contributed by atoms with Gasteiger partial charge in [-0.25, -0.2) is 0 Å². The molecule has 0 rings (SSSR count). The minimum absolute atomic E-state index is 0.629. The number of nitrogens with one attached hydrogen (secondary N) is 1. The van der Waals surface area contributed by atoms with Crippen LogP contribution in [0.1, 0.15) is 180 Å². The van der Waals surface area contributed by atoms with E-state index in [2.05, 4.69) is 30.6 Å². The highest BCUT2D eigenvalue weighted by molar-refractivity contribution is 8.11. The van der Waals surface area contributed by atoms with E-state index in [0.717, 1.165) is 12.3 Å². The smallest absolute Gasteiger partial charge is 0.130 e. The highest BCUT2D eigenvalue weighted by Gasteiger charge is 1.97. The lowest BCUT2D eigenvalue weighted by Crippen LogP contribution is -2.17. The number of thiocarbonyl (C=S) groups is 1. The highest BCUT2D eigenvalue weighted by Crippen LogP contribution is 2.16. The van der Waals surface area contributed by atoms with Gasteiger partial charge in [0.15, 0.2) is 0 Å². The molecule has 0 aromatic rings. The average Bonchev–Trinajstić information content (AvgIpc) is 2.85. The van der Waals surface area contributed by atoms with Crippen molar-refractivity contribution in [2.24, 2.45) is 0 Å². The molecule has 0 heterocycles. The van der Waals surface area contributed by atoms with Gasteiger partial charge >= 0.3 is 0 Å². The molecule has 0 unspecified atom stereocenters. The zero-order valence-electron chi connectivity index (χ0n) is 23.5. The summed E-state index contributed by atoms with van der Waals surface area (Å²) in [5.74, 6) is 1.06. The standard InChI is InChI=1S/C31H63NS3/c33-30-28-26-24-22-20-18-16-14-12-10-8-6-4-2-1-3-5-7-9-11-13-15-17-19-21-23-25-27-29-32-31(34)35/h33H,1-30H2,(H2,32,34,35). The van der Waals surface area contributed by atoms with Crippen molar-refractivity contribution in [2.75, 3.05) is 12.3 Å². The van der Waals surface area contributed by atoms with Gasteiger partial charge in [0.05, 0.1) is 0 Å². The Labute approximate surface area is 238 Å². The van der Waals surface area contributed by atoms with Crippen molar-refractivity contribution in [3.63, 3.8) is 0 Å². The van der Waals surface area contributed by atoms with E-state index in [4.69, 9.17) is 12.2 Å². The van der Waals surface area contributed by atoms with Crippen LogP contribution in [0.15, 0.2) is 0 Å². The van der Waals surface area contributed by atoms with Gasteiger partial charge in [-0.3, -0.25) is 0 Å². The highest BCUT2D eigenvalue weighted by atomic mass is 32.1. The van der Waals surface area contributed by atoms with Crippen molar-refractivity contribution in [1.29, 1.82) is 0 Å². The van der Waals surface area contributed by atoms with E-state index in [-0.39, 0.29) is 0 Å². The topological polar surface area (TPSA) is 12.0 Å². The zero-order chi connectivity index (χ0) is 25.5. The van der Waals surface area contributed by atoms with Gasteiger partial charge in [-0.2, -0.15) is 12.6 Å². The molecule has 1 nitrogen and oxygen atoms in total. The molecule has 1 N–H and O–H groups in total. The third-order valence-electron chi connectivity index (χ3n) is 7.36. The van der Waals surface area contributed by atoms with Gasteiger partial charge in [0.25, 0.3) is 0 Å². The van der Waals surface area contributed by atoms with Gasteiger partial charge in [0, 0.05) is 6.54 Å². The van der Waals surface area contributed by atoms with Crippen molar-refractivity contribution >= 4 is 41.8 Å². The van der Waals surface area contributed by atoms with Crippen LogP contribution in [-0.2, 0) is 0 Å². The lowest BCUT2D eigenvalue weighted by atomic mass is 10.0. The minimum Gasteiger partial charge on any atom is -0.371 e. The summed E-state index contributed by atoms with van der Waals surface area (Å²) in [5, 5.41) is 3.11. The maximum atomic E-state index is 4.90. The lowest BCUT2D eigenvalue weighted by molar-refractivity contribution is 0.514. The molecule has 0 aliphatic rings. The summed E-state index contributed by atoms with van der Waals surface area (Å²) in [6.07, 6.45) is 40.2. The summed E-state index contributed by atoms with van der Waals surface area (Å²) >= 11 is 13.3. The number of hydrogen-bond acceptors (Lipinski definition) is 2. The van der Waals surface area contributed by atoms with Gasteiger partial charge in [-0.05, 0) is 18.6 Å². The predicted molar refractivity (Wildman–Crippen MR) is 173 cm³/mol. The van der Waals surface area contributed by atoms with Crippen LogP contribution in [0.5, 0.6) is 0 Å². The molecule has 4 heteroatoms. The molecule has 0 aromatic heterocycles. The van der Waals surface area contributed by atoms with Crippen molar-refractivity contribution < 1.29 is 0 Å². The SMILES string of the molecule is S=C(S)NCCCCCCCCCCCCCCCCCCCCCCCCCCCCCCS. The first-order valence-corrected chi connectivity index (χ1v) is 17.3. The number of hydrogen-bond donors (Lipinski definition) is 3. The Kier molecular flexibility index (Phi) is 33.2. The molecule has 0 amide bonds. The second kappa shape index (κ2) is 32.6. The normalized spacial score (nSPS) is 11.3. The quantitative estimate of drug-likeness (QED) is 0.0471. The van der Waals surface area contributed by atoms with E-state index in [1.165, 1.54) is 180 Å². The zero-order valence-corrected chi connectivity index (χ0v) is 26.1. The summed E-state index contributed by atoms with van der Waals surface area (Å²) in [6.45, 7) is 0.987. The minimum atomic E-state index is 0.629. The summed E-state index contributed by atoms with van der Waals surface area (Å²) in [4.78, 5) is 0. The number of unbranched alkanes of at least 4 members (excludes halogenated alkanes) is 27. The van der Waals surface area contributed by atoms with E-state index >= 15 is 0 Å². The molecule has 35 heavy (non-hydrogen) atoms. The third kappa shape index (κ3) is 34.6. The molecule has 210 valence electrons. The largest absolute Gasteiger partial charge is 0.371 e. The van der Waals surface area contributed by atoms with Crippen molar-refractivity contribution in [3.8, 4) is 0 Å². The second-order valence-electron chi connectivity index (χ2n) is 10.9. The van der Waals surface area contributed by atoms with E-state index in [1.807, 2.05) is 0 Å². The first-order chi connectivity index (χ1) is 17.3. The number of rotatable bonds is 30. The first-order valence-electron chi connectivity index (χ1n) is 15.8. The van der Waals surface area contributed by atoms with Gasteiger partial charge in [0.1, 0.15) is 4.32 Å². The Morgan fingerprint density at radius 1 is 0.371 bits per heavy atom. The van der Waals surface area contributed by atoms with E-state index in [0.29, 0.717) is 4.32 Å². The molecule has 0 saturated heterocycles. The van der Waals surface area contributed by atoms with E-state index in [9.17, 15) is 0 Å². The Bertz CT molecular complexity index is 403. The maximum absolute atomic E-state index is 4.90. The van der Waals surface area contributed by atoms with Crippen LogP contribution in [0.25, 0.3) is 0 Å². The van der Waals surface area contributed by atoms with Gasteiger partial charge in [-0.1, -0.05) is 179 Å². The van der Waals surface area contributed by atoms with Crippen LogP contribution < -0.4 is 5.32 Å². The van der Waals surface area contributed by atoms with Gasteiger partial charge in [0.2, 0.25) is 0 Å². The Hall–Kier alpha value is 0.590. The average molecular weight is 546 g/mol. The van der Waals surface area contributed by atoms with Crippen molar-refractivity contribution in [3.05, 3.63) is 0 Å². The summed E-state index contributed by atoms with van der Waals surface area (Å²) in [6, 6.07) is 0. The fourth-order valence-electron chi connectivity index (χ4n) is 5.03. The van der Waals surface area contributed by atoms with Crippen LogP contribution in [0.3, 0.4) is 0 Å². The van der Waals surface area contributed by atoms with Crippen LogP contribution >= 0.6 is 37.5 Å². The lowest BCUT2D eigenvalue weighted by Gasteiger charge is -2.05. The summed E-state index contributed by atoms with van der Waals surface area (Å²) in [7, 11) is 0. The Morgan fingerprint density at radius 3 is 0.771 bits per heavy atom. The molecule has 0 bridgehead atoms. The van der Waals surface area contributed by atoms with Crippen LogP contribution in [0.2, 0.25) is 0 Å². The van der Waals surface area contributed by atoms with Crippen LogP contribution in [0.4, 0.5) is 0 Å². The van der Waals surface area contributed by atoms with E-state index in [1.54, 1.807) is 0 Å². The molecular formula is C31H63NS3. The molecule has 0 aromatic carbocycles. The van der Waals surface area contributed by atoms with Crippen molar-refractivity contribution in [2.45, 2.75) is 180 Å². The summed E-state index contributed by atoms with van der Waals surface area (Å²) in [5.41, 5.74) is 0. The first kappa shape index (κ1) is 35.6. The Balaban J connectivity index is 3.01. The van der Waals surface area contributed by atoms with Gasteiger partial charge in [-0.15, -0.1) is 12.6 Å². The molecular weight excluding hydrogens is 483 g/mol. The van der Waals surface area contributed by atoms with Crippen molar-refractivity contribution in [1.82, 2.24) is 5.32 Å².